The molecule has 7 heteroatoms. The number of nitrogens with zero attached hydrogens (tertiary/aromatic N) is 2. The lowest BCUT2D eigenvalue weighted by Crippen LogP contribution is -2.40. The Labute approximate surface area is 152 Å². The second-order valence-electron chi connectivity index (χ2n) is 5.34. The van der Waals surface area contributed by atoms with Crippen LogP contribution in [0.1, 0.15) is 31.7 Å². The molecule has 1 aliphatic rings. The van der Waals surface area contributed by atoms with E-state index in [9.17, 15) is 13.2 Å². The van der Waals surface area contributed by atoms with Gasteiger partial charge in [-0.1, -0.05) is 18.2 Å². The molecule has 0 amide bonds. The smallest absolute Gasteiger partial charge is 0.356 e. The Kier molecular flexibility index (Phi) is 8.15. The van der Waals surface area contributed by atoms with Crippen molar-refractivity contribution in [2.75, 3.05) is 24.5 Å². The van der Waals surface area contributed by atoms with Crippen molar-refractivity contribution in [3.63, 3.8) is 0 Å². The van der Waals surface area contributed by atoms with Gasteiger partial charge in [-0.3, -0.25) is 4.99 Å². The van der Waals surface area contributed by atoms with E-state index in [1.807, 2.05) is 19.1 Å². The maximum atomic E-state index is 12.1. The van der Waals surface area contributed by atoms with Crippen molar-refractivity contribution in [3.8, 4) is 0 Å². The van der Waals surface area contributed by atoms with E-state index >= 15 is 0 Å². The Bertz CT molecular complexity index is 518. The standard InChI is InChI=1S/C16H22F3N3.HI/c1-2-20-15(21-11-6-5-10-16(17,18)19)22-12-9-13-7-3-4-8-14(13)22;/h3-4,7-8H,2,5-6,9-12H2,1H3,(H,20,21);1H. The molecule has 1 aromatic carbocycles. The minimum Gasteiger partial charge on any atom is -0.356 e. The van der Waals surface area contributed by atoms with Gasteiger partial charge >= 0.3 is 6.18 Å². The Morgan fingerprint density at radius 2 is 2.00 bits per heavy atom. The number of aliphatic imine (C=N–C) groups is 1. The van der Waals surface area contributed by atoms with Gasteiger partial charge in [-0.25, -0.2) is 0 Å². The first-order valence-electron chi connectivity index (χ1n) is 7.72. The van der Waals surface area contributed by atoms with Gasteiger partial charge in [-0.2, -0.15) is 13.2 Å². The third-order valence-corrected chi connectivity index (χ3v) is 3.61. The highest BCUT2D eigenvalue weighted by Crippen LogP contribution is 2.27. The number of nitrogens with one attached hydrogen (secondary N) is 1. The van der Waals surface area contributed by atoms with Crippen LogP contribution in [0, 0.1) is 0 Å². The lowest BCUT2D eigenvalue weighted by atomic mass is 10.2. The van der Waals surface area contributed by atoms with Gasteiger partial charge in [-0.05, 0) is 37.8 Å². The van der Waals surface area contributed by atoms with Crippen LogP contribution in [-0.4, -0.2) is 31.8 Å². The van der Waals surface area contributed by atoms with Gasteiger partial charge in [0.1, 0.15) is 0 Å². The number of para-hydroxylation sites is 1. The molecule has 0 atom stereocenters. The highest BCUT2D eigenvalue weighted by molar-refractivity contribution is 14.0. The SMILES string of the molecule is CCNC(=NCCCCC(F)(F)F)N1CCc2ccccc21.I. The van der Waals surface area contributed by atoms with E-state index in [2.05, 4.69) is 27.3 Å². The molecule has 0 saturated heterocycles. The largest absolute Gasteiger partial charge is 0.389 e. The van der Waals surface area contributed by atoms with Gasteiger partial charge in [0.2, 0.25) is 0 Å². The molecule has 0 aliphatic carbocycles. The van der Waals surface area contributed by atoms with Crippen LogP contribution in [0.5, 0.6) is 0 Å². The predicted molar refractivity (Wildman–Crippen MR) is 98.8 cm³/mol. The number of anilines is 1. The number of rotatable bonds is 5. The molecule has 130 valence electrons. The second-order valence-corrected chi connectivity index (χ2v) is 5.34. The molecule has 0 fully saturated rings. The molecule has 23 heavy (non-hydrogen) atoms. The van der Waals surface area contributed by atoms with E-state index in [0.29, 0.717) is 13.0 Å². The van der Waals surface area contributed by atoms with Gasteiger partial charge in [0.15, 0.2) is 5.96 Å². The van der Waals surface area contributed by atoms with Crippen molar-refractivity contribution in [2.45, 2.75) is 38.8 Å². The first-order chi connectivity index (χ1) is 10.5. The number of unbranched alkanes of at least 4 members (excludes halogenated alkanes) is 1. The summed E-state index contributed by atoms with van der Waals surface area (Å²) in [6.45, 7) is 3.99. The summed E-state index contributed by atoms with van der Waals surface area (Å²) in [7, 11) is 0. The maximum Gasteiger partial charge on any atom is 0.389 e. The molecular formula is C16H23F3IN3. The molecule has 1 aromatic rings. The van der Waals surface area contributed by atoms with Crippen molar-refractivity contribution in [3.05, 3.63) is 29.8 Å². The summed E-state index contributed by atoms with van der Waals surface area (Å²) in [6, 6.07) is 8.16. The van der Waals surface area contributed by atoms with Crippen molar-refractivity contribution in [1.29, 1.82) is 0 Å². The van der Waals surface area contributed by atoms with Crippen LogP contribution in [0.25, 0.3) is 0 Å². The molecule has 1 heterocycles. The Morgan fingerprint density at radius 3 is 2.70 bits per heavy atom. The van der Waals surface area contributed by atoms with Crippen LogP contribution in [0.3, 0.4) is 0 Å². The van der Waals surface area contributed by atoms with Gasteiger partial charge in [0.05, 0.1) is 0 Å². The van der Waals surface area contributed by atoms with Gasteiger partial charge in [0.25, 0.3) is 0 Å². The van der Waals surface area contributed by atoms with Gasteiger partial charge < -0.3 is 10.2 Å². The lowest BCUT2D eigenvalue weighted by Gasteiger charge is -2.22. The van der Waals surface area contributed by atoms with Crippen LogP contribution in [0.15, 0.2) is 29.3 Å². The van der Waals surface area contributed by atoms with Crippen molar-refractivity contribution < 1.29 is 13.2 Å². The highest BCUT2D eigenvalue weighted by Gasteiger charge is 2.26. The summed E-state index contributed by atoms with van der Waals surface area (Å²) in [5.41, 5.74) is 2.42. The molecule has 1 N–H and O–H groups in total. The number of fused-ring (bicyclic) bond motifs is 1. The second kappa shape index (κ2) is 9.34. The monoisotopic (exact) mass is 441 g/mol. The number of benzene rings is 1. The number of alkyl halides is 3. The maximum absolute atomic E-state index is 12.1. The van der Waals surface area contributed by atoms with E-state index in [4.69, 9.17) is 0 Å². The zero-order chi connectivity index (χ0) is 16.0. The summed E-state index contributed by atoms with van der Waals surface area (Å²) in [4.78, 5) is 6.59. The van der Waals surface area contributed by atoms with Gasteiger partial charge in [0, 0.05) is 31.7 Å². The van der Waals surface area contributed by atoms with E-state index in [1.54, 1.807) is 0 Å². The molecule has 0 bridgehead atoms. The fraction of sp³-hybridized carbons (Fsp3) is 0.562. The average Bonchev–Trinajstić information content (AvgIpc) is 2.88. The third-order valence-electron chi connectivity index (χ3n) is 3.61. The molecule has 2 rings (SSSR count). The number of halogens is 4. The molecule has 1 aliphatic heterocycles. The number of hydrogen-bond acceptors (Lipinski definition) is 1. The summed E-state index contributed by atoms with van der Waals surface area (Å²) in [6.07, 6.45) is -3.25. The molecule has 0 saturated carbocycles. The molecule has 3 nitrogen and oxygen atoms in total. The lowest BCUT2D eigenvalue weighted by molar-refractivity contribution is -0.135. The van der Waals surface area contributed by atoms with Crippen molar-refractivity contribution in [1.82, 2.24) is 5.32 Å². The summed E-state index contributed by atoms with van der Waals surface area (Å²) in [5, 5.41) is 3.23. The van der Waals surface area contributed by atoms with E-state index in [-0.39, 0.29) is 30.4 Å². The quantitative estimate of drug-likeness (QED) is 0.318. The average molecular weight is 441 g/mol. The minimum absolute atomic E-state index is 0. The summed E-state index contributed by atoms with van der Waals surface area (Å²) in [5.74, 6) is 0.763. The molecule has 0 radical (unpaired) electrons. The first-order valence-corrected chi connectivity index (χ1v) is 7.72. The molecule has 0 aromatic heterocycles. The zero-order valence-corrected chi connectivity index (χ0v) is 15.5. The summed E-state index contributed by atoms with van der Waals surface area (Å²) >= 11 is 0. The molecule has 0 unspecified atom stereocenters. The van der Waals surface area contributed by atoms with Crippen LogP contribution in [0.2, 0.25) is 0 Å². The van der Waals surface area contributed by atoms with Crippen LogP contribution >= 0.6 is 24.0 Å². The number of hydrogen-bond donors (Lipinski definition) is 1. The van der Waals surface area contributed by atoms with Crippen LogP contribution < -0.4 is 10.2 Å². The number of guanidine groups is 1. The van der Waals surface area contributed by atoms with Gasteiger partial charge in [-0.15, -0.1) is 24.0 Å². The zero-order valence-electron chi connectivity index (χ0n) is 13.2. The molecule has 0 spiro atoms. The fourth-order valence-corrected chi connectivity index (χ4v) is 2.58. The molecular weight excluding hydrogens is 418 g/mol. The van der Waals surface area contributed by atoms with E-state index in [1.165, 1.54) is 5.56 Å². The topological polar surface area (TPSA) is 27.6 Å². The van der Waals surface area contributed by atoms with E-state index in [0.717, 1.165) is 31.2 Å². The Morgan fingerprint density at radius 1 is 1.26 bits per heavy atom. The van der Waals surface area contributed by atoms with Crippen LogP contribution in [-0.2, 0) is 6.42 Å². The predicted octanol–water partition coefficient (Wildman–Crippen LogP) is 4.37. The van der Waals surface area contributed by atoms with E-state index < -0.39 is 12.6 Å². The summed E-state index contributed by atoms with van der Waals surface area (Å²) < 4.78 is 36.4. The Balaban J connectivity index is 0.00000264. The van der Waals surface area contributed by atoms with Crippen molar-refractivity contribution in [2.24, 2.45) is 4.99 Å². The highest BCUT2D eigenvalue weighted by atomic mass is 127. The van der Waals surface area contributed by atoms with Crippen molar-refractivity contribution >= 4 is 35.6 Å². The van der Waals surface area contributed by atoms with Crippen LogP contribution in [0.4, 0.5) is 18.9 Å². The Hall–Kier alpha value is -0.990. The fourth-order valence-electron chi connectivity index (χ4n) is 2.58. The first kappa shape index (κ1) is 20.1. The third kappa shape index (κ3) is 6.19. The normalized spacial score (nSPS) is 14.4. The minimum atomic E-state index is -4.07.